The second-order valence-electron chi connectivity index (χ2n) is 5.92. The largest absolute Gasteiger partial charge is 0.497 e. The summed E-state index contributed by atoms with van der Waals surface area (Å²) < 4.78 is 5.20. The van der Waals surface area contributed by atoms with Gasteiger partial charge in [0.05, 0.1) is 12.7 Å². The molecule has 1 aliphatic rings. The van der Waals surface area contributed by atoms with Crippen molar-refractivity contribution in [2.45, 2.75) is 25.8 Å². The highest BCUT2D eigenvalue weighted by atomic mass is 35.5. The standard InChI is InChI=1S/C18H18Cl2N2O2/c1-11(12-3-4-12)22(13-5-7-14(24-2)8-6-13)18(23)15-9-10-16(19)21-17(15)20/h5-12H,3-4H2,1-2H3/t11-/m1/s1. The highest BCUT2D eigenvalue weighted by Crippen LogP contribution is 2.38. The summed E-state index contributed by atoms with van der Waals surface area (Å²) in [6.07, 6.45) is 2.27. The summed E-state index contributed by atoms with van der Waals surface area (Å²) in [5.41, 5.74) is 1.16. The fourth-order valence-electron chi connectivity index (χ4n) is 2.77. The summed E-state index contributed by atoms with van der Waals surface area (Å²) in [5, 5.41) is 0.386. The first-order valence-electron chi connectivity index (χ1n) is 7.81. The zero-order valence-electron chi connectivity index (χ0n) is 13.5. The van der Waals surface area contributed by atoms with Gasteiger partial charge in [0, 0.05) is 11.7 Å². The van der Waals surface area contributed by atoms with E-state index < -0.39 is 0 Å². The Labute approximate surface area is 151 Å². The van der Waals surface area contributed by atoms with E-state index in [9.17, 15) is 4.79 Å². The zero-order valence-corrected chi connectivity index (χ0v) is 15.0. The molecule has 0 saturated heterocycles. The minimum absolute atomic E-state index is 0.0811. The Morgan fingerprint density at radius 2 is 1.88 bits per heavy atom. The third kappa shape index (κ3) is 3.50. The van der Waals surface area contributed by atoms with Gasteiger partial charge in [-0.25, -0.2) is 4.98 Å². The Kier molecular flexibility index (Phi) is 4.97. The Morgan fingerprint density at radius 1 is 1.21 bits per heavy atom. The molecule has 1 aliphatic carbocycles. The van der Waals surface area contributed by atoms with Crippen molar-refractivity contribution in [1.29, 1.82) is 0 Å². The molecule has 0 N–H and O–H groups in total. The molecular formula is C18H18Cl2N2O2. The molecule has 3 rings (SSSR count). The van der Waals surface area contributed by atoms with E-state index in [0.29, 0.717) is 11.5 Å². The highest BCUT2D eigenvalue weighted by molar-refractivity contribution is 6.35. The summed E-state index contributed by atoms with van der Waals surface area (Å²) in [6.45, 7) is 2.07. The molecule has 1 aromatic carbocycles. The molecule has 24 heavy (non-hydrogen) atoms. The van der Waals surface area contributed by atoms with Gasteiger partial charge in [-0.1, -0.05) is 23.2 Å². The number of halogens is 2. The molecule has 0 aliphatic heterocycles. The molecule has 1 amide bonds. The van der Waals surface area contributed by atoms with E-state index in [4.69, 9.17) is 27.9 Å². The number of aromatic nitrogens is 1. The predicted octanol–water partition coefficient (Wildman–Crippen LogP) is 4.84. The number of hydrogen-bond acceptors (Lipinski definition) is 3. The van der Waals surface area contributed by atoms with Crippen LogP contribution in [0.3, 0.4) is 0 Å². The minimum Gasteiger partial charge on any atom is -0.497 e. The van der Waals surface area contributed by atoms with Crippen LogP contribution < -0.4 is 9.64 Å². The number of ether oxygens (including phenoxy) is 1. The van der Waals surface area contributed by atoms with Gasteiger partial charge in [-0.15, -0.1) is 0 Å². The van der Waals surface area contributed by atoms with Crippen LogP contribution in [-0.2, 0) is 0 Å². The van der Waals surface area contributed by atoms with E-state index in [-0.39, 0.29) is 22.3 Å². The van der Waals surface area contributed by atoms with Crippen molar-refractivity contribution in [3.63, 3.8) is 0 Å². The number of benzene rings is 1. The number of carbonyl (C=O) groups excluding carboxylic acids is 1. The van der Waals surface area contributed by atoms with E-state index in [0.717, 1.165) is 24.3 Å². The fourth-order valence-corrected chi connectivity index (χ4v) is 3.20. The van der Waals surface area contributed by atoms with Crippen molar-refractivity contribution in [3.05, 3.63) is 52.3 Å². The third-order valence-electron chi connectivity index (χ3n) is 4.33. The number of carbonyl (C=O) groups is 1. The summed E-state index contributed by atoms with van der Waals surface area (Å²) in [4.78, 5) is 18.9. The number of amides is 1. The molecule has 1 aromatic heterocycles. The number of rotatable bonds is 5. The van der Waals surface area contributed by atoms with E-state index in [1.807, 2.05) is 24.3 Å². The van der Waals surface area contributed by atoms with E-state index in [2.05, 4.69) is 11.9 Å². The first kappa shape index (κ1) is 17.1. The molecule has 1 saturated carbocycles. The van der Waals surface area contributed by atoms with Crippen LogP contribution in [0.4, 0.5) is 5.69 Å². The number of methoxy groups -OCH3 is 1. The van der Waals surface area contributed by atoms with Gasteiger partial charge in [0.1, 0.15) is 16.1 Å². The maximum Gasteiger partial charge on any atom is 0.261 e. The second kappa shape index (κ2) is 6.99. The van der Waals surface area contributed by atoms with E-state index in [1.54, 1.807) is 24.1 Å². The number of hydrogen-bond donors (Lipinski definition) is 0. The van der Waals surface area contributed by atoms with Crippen molar-refractivity contribution < 1.29 is 9.53 Å². The van der Waals surface area contributed by atoms with Gasteiger partial charge in [0.2, 0.25) is 0 Å². The average Bonchev–Trinajstić information content (AvgIpc) is 3.40. The van der Waals surface area contributed by atoms with Gasteiger partial charge >= 0.3 is 0 Å². The van der Waals surface area contributed by atoms with Crippen molar-refractivity contribution in [3.8, 4) is 5.75 Å². The Morgan fingerprint density at radius 3 is 2.42 bits per heavy atom. The summed E-state index contributed by atoms with van der Waals surface area (Å²) >= 11 is 12.0. The molecular weight excluding hydrogens is 347 g/mol. The van der Waals surface area contributed by atoms with Gasteiger partial charge in [0.25, 0.3) is 5.91 Å². The van der Waals surface area contributed by atoms with Crippen molar-refractivity contribution in [2.75, 3.05) is 12.0 Å². The Balaban J connectivity index is 1.98. The maximum atomic E-state index is 13.1. The lowest BCUT2D eigenvalue weighted by atomic mass is 10.1. The molecule has 126 valence electrons. The molecule has 1 heterocycles. The molecule has 0 bridgehead atoms. The number of anilines is 1. The lowest BCUT2D eigenvalue weighted by molar-refractivity contribution is 0.0975. The van der Waals surface area contributed by atoms with Gasteiger partial charge in [-0.3, -0.25) is 4.79 Å². The summed E-state index contributed by atoms with van der Waals surface area (Å²) in [7, 11) is 1.61. The van der Waals surface area contributed by atoms with Gasteiger partial charge in [-0.05, 0) is 62.1 Å². The fraction of sp³-hybridized carbons (Fsp3) is 0.333. The van der Waals surface area contributed by atoms with E-state index in [1.165, 1.54) is 0 Å². The van der Waals surface area contributed by atoms with Crippen LogP contribution in [0, 0.1) is 5.92 Å². The molecule has 1 fully saturated rings. The van der Waals surface area contributed by atoms with Crippen LogP contribution in [0.2, 0.25) is 10.3 Å². The Bertz CT molecular complexity index is 745. The van der Waals surface area contributed by atoms with Gasteiger partial charge in [0.15, 0.2) is 0 Å². The molecule has 0 radical (unpaired) electrons. The lowest BCUT2D eigenvalue weighted by Gasteiger charge is -2.30. The van der Waals surface area contributed by atoms with Crippen molar-refractivity contribution in [1.82, 2.24) is 4.98 Å². The zero-order chi connectivity index (χ0) is 17.3. The summed E-state index contributed by atoms with van der Waals surface area (Å²) in [6, 6.07) is 10.7. The highest BCUT2D eigenvalue weighted by Gasteiger charge is 2.36. The van der Waals surface area contributed by atoms with Gasteiger partial charge in [-0.2, -0.15) is 0 Å². The van der Waals surface area contributed by atoms with Crippen LogP contribution in [0.5, 0.6) is 5.75 Å². The van der Waals surface area contributed by atoms with Crippen LogP contribution >= 0.6 is 23.2 Å². The monoisotopic (exact) mass is 364 g/mol. The van der Waals surface area contributed by atoms with Crippen LogP contribution in [0.25, 0.3) is 0 Å². The molecule has 2 aromatic rings. The first-order valence-corrected chi connectivity index (χ1v) is 8.56. The van der Waals surface area contributed by atoms with Crippen molar-refractivity contribution in [2.24, 2.45) is 5.92 Å². The minimum atomic E-state index is -0.172. The SMILES string of the molecule is COc1ccc(N(C(=O)c2ccc(Cl)nc2Cl)[C@H](C)C2CC2)cc1. The Hall–Kier alpha value is -1.78. The van der Waals surface area contributed by atoms with Crippen molar-refractivity contribution >= 4 is 34.8 Å². The van der Waals surface area contributed by atoms with Crippen LogP contribution in [0.1, 0.15) is 30.1 Å². The van der Waals surface area contributed by atoms with Crippen LogP contribution in [-0.4, -0.2) is 24.0 Å². The molecule has 0 unspecified atom stereocenters. The normalized spacial score (nSPS) is 15.0. The molecule has 6 heteroatoms. The second-order valence-corrected chi connectivity index (χ2v) is 6.67. The molecule has 0 spiro atoms. The van der Waals surface area contributed by atoms with Gasteiger partial charge < -0.3 is 9.64 Å². The average molecular weight is 365 g/mol. The molecule has 1 atom stereocenters. The number of pyridine rings is 1. The lowest BCUT2D eigenvalue weighted by Crippen LogP contribution is -2.40. The topological polar surface area (TPSA) is 42.4 Å². The summed E-state index contributed by atoms with van der Waals surface area (Å²) in [5.74, 6) is 1.08. The smallest absolute Gasteiger partial charge is 0.261 e. The molecule has 4 nitrogen and oxygen atoms in total. The first-order chi connectivity index (χ1) is 11.5. The van der Waals surface area contributed by atoms with Crippen LogP contribution in [0.15, 0.2) is 36.4 Å². The predicted molar refractivity (Wildman–Crippen MR) is 96.2 cm³/mol. The number of nitrogens with zero attached hydrogens (tertiary/aromatic N) is 2. The van der Waals surface area contributed by atoms with E-state index >= 15 is 0 Å². The maximum absolute atomic E-state index is 13.1. The third-order valence-corrected chi connectivity index (χ3v) is 4.82. The quantitative estimate of drug-likeness (QED) is 0.712.